The van der Waals surface area contributed by atoms with E-state index in [1.54, 1.807) is 18.2 Å². The number of benzene rings is 2. The lowest BCUT2D eigenvalue weighted by molar-refractivity contribution is -0.115. The van der Waals surface area contributed by atoms with Crippen molar-refractivity contribution in [2.45, 2.75) is 6.42 Å². The number of anilines is 2. The smallest absolute Gasteiger partial charge is 0.226 e. The zero-order valence-corrected chi connectivity index (χ0v) is 13.6. The lowest BCUT2D eigenvalue weighted by Gasteiger charge is -2.09. The maximum Gasteiger partial charge on any atom is 0.226 e. The van der Waals surface area contributed by atoms with E-state index in [2.05, 4.69) is 10.6 Å². The van der Waals surface area contributed by atoms with Crippen molar-refractivity contribution in [3.8, 4) is 0 Å². The van der Waals surface area contributed by atoms with E-state index in [1.165, 1.54) is 18.2 Å². The average Bonchev–Trinajstić information content (AvgIpc) is 2.46. The van der Waals surface area contributed by atoms with Crippen LogP contribution in [0.5, 0.6) is 0 Å². The standard InChI is InChI=1S/C15H12Cl3FN2O/c16-9-1-3-11(17)14(7-9)20-6-5-15(22)21-10-2-4-13(19)12(18)8-10/h1-4,7-8,20H,5-6H2,(H,21,22). The number of rotatable bonds is 5. The first kappa shape index (κ1) is 16.9. The quantitative estimate of drug-likeness (QED) is 0.766. The van der Waals surface area contributed by atoms with Gasteiger partial charge in [0, 0.05) is 23.7 Å². The fourth-order valence-corrected chi connectivity index (χ4v) is 2.28. The molecule has 2 aromatic carbocycles. The van der Waals surface area contributed by atoms with Gasteiger partial charge in [0.25, 0.3) is 0 Å². The number of carbonyl (C=O) groups excluding carboxylic acids is 1. The Balaban J connectivity index is 1.85. The molecule has 1 amide bonds. The lowest BCUT2D eigenvalue weighted by Crippen LogP contribution is -2.16. The molecule has 116 valence electrons. The Bertz CT molecular complexity index is 694. The highest BCUT2D eigenvalue weighted by Crippen LogP contribution is 2.25. The van der Waals surface area contributed by atoms with Crippen molar-refractivity contribution in [3.05, 3.63) is 57.3 Å². The molecule has 0 saturated carbocycles. The number of carbonyl (C=O) groups is 1. The molecule has 0 atom stereocenters. The molecule has 0 fully saturated rings. The fourth-order valence-electron chi connectivity index (χ4n) is 1.74. The second-order valence-electron chi connectivity index (χ2n) is 4.48. The van der Waals surface area contributed by atoms with Crippen molar-refractivity contribution in [2.75, 3.05) is 17.2 Å². The van der Waals surface area contributed by atoms with Crippen LogP contribution in [0, 0.1) is 5.82 Å². The van der Waals surface area contributed by atoms with E-state index in [0.717, 1.165) is 0 Å². The van der Waals surface area contributed by atoms with E-state index in [9.17, 15) is 9.18 Å². The molecular formula is C15H12Cl3FN2O. The van der Waals surface area contributed by atoms with E-state index < -0.39 is 5.82 Å². The van der Waals surface area contributed by atoms with Gasteiger partial charge in [-0.05, 0) is 36.4 Å². The molecule has 0 aromatic heterocycles. The van der Waals surface area contributed by atoms with Crippen LogP contribution < -0.4 is 10.6 Å². The van der Waals surface area contributed by atoms with Crippen LogP contribution in [0.3, 0.4) is 0 Å². The van der Waals surface area contributed by atoms with Crippen LogP contribution in [-0.4, -0.2) is 12.5 Å². The number of hydrogen-bond acceptors (Lipinski definition) is 2. The van der Waals surface area contributed by atoms with Crippen molar-refractivity contribution >= 4 is 52.1 Å². The highest BCUT2D eigenvalue weighted by Gasteiger charge is 2.06. The third-order valence-electron chi connectivity index (χ3n) is 2.80. The number of hydrogen-bond donors (Lipinski definition) is 2. The van der Waals surface area contributed by atoms with Gasteiger partial charge in [0.1, 0.15) is 5.82 Å². The third kappa shape index (κ3) is 4.77. The summed E-state index contributed by atoms with van der Waals surface area (Å²) in [5.41, 5.74) is 1.10. The van der Waals surface area contributed by atoms with E-state index in [4.69, 9.17) is 34.8 Å². The van der Waals surface area contributed by atoms with Crippen LogP contribution in [0.2, 0.25) is 15.1 Å². The lowest BCUT2D eigenvalue weighted by atomic mass is 10.3. The summed E-state index contributed by atoms with van der Waals surface area (Å²) in [6.07, 6.45) is 0.206. The molecule has 0 spiro atoms. The summed E-state index contributed by atoms with van der Waals surface area (Å²) in [6.45, 7) is 0.376. The molecule has 2 rings (SSSR count). The topological polar surface area (TPSA) is 41.1 Å². The second-order valence-corrected chi connectivity index (χ2v) is 5.73. The summed E-state index contributed by atoms with van der Waals surface area (Å²) < 4.78 is 13.0. The molecule has 7 heteroatoms. The zero-order chi connectivity index (χ0) is 16.1. The predicted octanol–water partition coefficient (Wildman–Crippen LogP) is 5.23. The van der Waals surface area contributed by atoms with E-state index >= 15 is 0 Å². The molecule has 22 heavy (non-hydrogen) atoms. The zero-order valence-electron chi connectivity index (χ0n) is 11.3. The maximum atomic E-state index is 13.0. The van der Waals surface area contributed by atoms with Crippen LogP contribution >= 0.6 is 34.8 Å². The summed E-state index contributed by atoms with van der Waals surface area (Å²) in [5.74, 6) is -0.759. The molecule has 0 aliphatic carbocycles. The maximum absolute atomic E-state index is 13.0. The molecule has 0 bridgehead atoms. The Hall–Kier alpha value is -1.49. The molecule has 2 aromatic rings. The van der Waals surface area contributed by atoms with Crippen LogP contribution in [-0.2, 0) is 4.79 Å². The van der Waals surface area contributed by atoms with Crippen molar-refractivity contribution in [1.29, 1.82) is 0 Å². The van der Waals surface area contributed by atoms with Crippen molar-refractivity contribution in [3.63, 3.8) is 0 Å². The minimum absolute atomic E-state index is 0.0402. The molecule has 0 saturated heterocycles. The highest BCUT2D eigenvalue weighted by molar-refractivity contribution is 6.35. The molecule has 0 aliphatic rings. The highest BCUT2D eigenvalue weighted by atomic mass is 35.5. The third-order valence-corrected chi connectivity index (χ3v) is 3.65. The summed E-state index contributed by atoms with van der Waals surface area (Å²) in [7, 11) is 0. The summed E-state index contributed by atoms with van der Waals surface area (Å²) in [4.78, 5) is 11.8. The van der Waals surface area contributed by atoms with Crippen molar-refractivity contribution in [1.82, 2.24) is 0 Å². The first-order valence-electron chi connectivity index (χ1n) is 6.39. The molecule has 0 radical (unpaired) electrons. The first-order chi connectivity index (χ1) is 10.5. The molecule has 3 nitrogen and oxygen atoms in total. The van der Waals surface area contributed by atoms with E-state index in [0.29, 0.717) is 28.0 Å². The minimum atomic E-state index is -0.531. The molecule has 0 unspecified atom stereocenters. The van der Waals surface area contributed by atoms with Gasteiger partial charge in [-0.1, -0.05) is 34.8 Å². The predicted molar refractivity (Wildman–Crippen MR) is 89.6 cm³/mol. The van der Waals surface area contributed by atoms with Gasteiger partial charge in [0.2, 0.25) is 5.91 Å². The average molecular weight is 362 g/mol. The van der Waals surface area contributed by atoms with Crippen molar-refractivity contribution < 1.29 is 9.18 Å². The Kier molecular flexibility index (Phi) is 5.89. The van der Waals surface area contributed by atoms with Gasteiger partial charge >= 0.3 is 0 Å². The van der Waals surface area contributed by atoms with E-state index in [-0.39, 0.29) is 17.4 Å². The van der Waals surface area contributed by atoms with Gasteiger partial charge in [-0.15, -0.1) is 0 Å². The van der Waals surface area contributed by atoms with Crippen LogP contribution in [0.25, 0.3) is 0 Å². The SMILES string of the molecule is O=C(CCNc1cc(Cl)ccc1Cl)Nc1ccc(F)c(Cl)c1. The minimum Gasteiger partial charge on any atom is -0.383 e. The van der Waals surface area contributed by atoms with Crippen molar-refractivity contribution in [2.24, 2.45) is 0 Å². The summed E-state index contributed by atoms with van der Waals surface area (Å²) >= 11 is 17.5. The molecule has 0 aliphatic heterocycles. The van der Waals surface area contributed by atoms with Crippen LogP contribution in [0.15, 0.2) is 36.4 Å². The summed E-state index contributed by atoms with van der Waals surface area (Å²) in [5, 5.41) is 6.70. The van der Waals surface area contributed by atoms with Gasteiger partial charge < -0.3 is 10.6 Å². The monoisotopic (exact) mass is 360 g/mol. The molecular weight excluding hydrogens is 350 g/mol. The number of amides is 1. The van der Waals surface area contributed by atoms with E-state index in [1.807, 2.05) is 0 Å². The first-order valence-corrected chi connectivity index (χ1v) is 7.53. The van der Waals surface area contributed by atoms with Gasteiger partial charge in [0.15, 0.2) is 0 Å². The normalized spacial score (nSPS) is 10.4. The Morgan fingerprint density at radius 2 is 1.82 bits per heavy atom. The number of halogens is 4. The van der Waals surface area contributed by atoms with Crippen LogP contribution in [0.4, 0.5) is 15.8 Å². The van der Waals surface area contributed by atoms with Gasteiger partial charge in [-0.2, -0.15) is 0 Å². The summed E-state index contributed by atoms with van der Waals surface area (Å²) in [6, 6.07) is 9.03. The second kappa shape index (κ2) is 7.68. The Morgan fingerprint density at radius 1 is 1.05 bits per heavy atom. The molecule has 2 N–H and O–H groups in total. The largest absolute Gasteiger partial charge is 0.383 e. The van der Waals surface area contributed by atoms with Crippen LogP contribution in [0.1, 0.15) is 6.42 Å². The molecule has 0 heterocycles. The Morgan fingerprint density at radius 3 is 2.55 bits per heavy atom. The number of nitrogens with one attached hydrogen (secondary N) is 2. The fraction of sp³-hybridized carbons (Fsp3) is 0.133. The van der Waals surface area contributed by atoms with Gasteiger partial charge in [-0.3, -0.25) is 4.79 Å². The Labute approximate surface area is 142 Å². The van der Waals surface area contributed by atoms with Gasteiger partial charge in [0.05, 0.1) is 15.7 Å². The van der Waals surface area contributed by atoms with Gasteiger partial charge in [-0.25, -0.2) is 4.39 Å².